The van der Waals surface area contributed by atoms with Gasteiger partial charge >= 0.3 is 0 Å². The third-order valence-electron chi connectivity index (χ3n) is 4.16. The summed E-state index contributed by atoms with van der Waals surface area (Å²) in [6.45, 7) is 1.28. The van der Waals surface area contributed by atoms with E-state index in [4.69, 9.17) is 5.73 Å². The Labute approximate surface area is 154 Å². The van der Waals surface area contributed by atoms with E-state index in [-0.39, 0.29) is 16.8 Å². The van der Waals surface area contributed by atoms with E-state index in [0.717, 1.165) is 12.1 Å². The molecule has 0 saturated carbocycles. The van der Waals surface area contributed by atoms with Crippen LogP contribution in [0, 0.1) is 53.2 Å². The number of hydrogen-bond acceptors (Lipinski definition) is 3. The Bertz CT molecular complexity index is 1120. The van der Waals surface area contributed by atoms with Crippen molar-refractivity contribution >= 4 is 5.82 Å². The lowest BCUT2D eigenvalue weighted by Gasteiger charge is -2.17. The Hall–Kier alpha value is -3.54. The van der Waals surface area contributed by atoms with Gasteiger partial charge in [0.2, 0.25) is 5.82 Å². The van der Waals surface area contributed by atoms with E-state index in [1.54, 1.807) is 6.07 Å². The fourth-order valence-electron chi connectivity index (χ4n) is 2.83. The van der Waals surface area contributed by atoms with E-state index >= 15 is 0 Å². The molecule has 2 aromatic carbocycles. The fourth-order valence-corrected chi connectivity index (χ4v) is 2.83. The van der Waals surface area contributed by atoms with Crippen LogP contribution in [0.5, 0.6) is 0 Å². The van der Waals surface area contributed by atoms with Crippen LogP contribution in [0.15, 0.2) is 24.3 Å². The number of nitriles is 1. The summed E-state index contributed by atoms with van der Waals surface area (Å²) in [5, 5.41) is 9.33. The van der Waals surface area contributed by atoms with E-state index in [1.807, 2.05) is 0 Å². The van der Waals surface area contributed by atoms with Crippen molar-refractivity contribution in [2.24, 2.45) is 0 Å². The molecule has 3 nitrogen and oxygen atoms in total. The van der Waals surface area contributed by atoms with E-state index in [1.165, 1.54) is 19.1 Å². The van der Waals surface area contributed by atoms with Crippen LogP contribution < -0.4 is 5.73 Å². The van der Waals surface area contributed by atoms with Gasteiger partial charge in [0.1, 0.15) is 23.3 Å². The summed E-state index contributed by atoms with van der Waals surface area (Å²) in [7, 11) is 0. The second-order valence-corrected chi connectivity index (χ2v) is 5.78. The summed E-state index contributed by atoms with van der Waals surface area (Å²) < 4.78 is 82.7. The van der Waals surface area contributed by atoms with Crippen LogP contribution in [0.25, 0.3) is 22.4 Å². The van der Waals surface area contributed by atoms with Gasteiger partial charge in [-0.15, -0.1) is 0 Å². The highest BCUT2D eigenvalue weighted by Gasteiger charge is 2.30. The van der Waals surface area contributed by atoms with Crippen molar-refractivity contribution in [1.29, 1.82) is 5.26 Å². The lowest BCUT2D eigenvalue weighted by atomic mass is 9.91. The molecule has 0 spiro atoms. The third kappa shape index (κ3) is 2.83. The monoisotopic (exact) mass is 393 g/mol. The number of hydrogen-bond donors (Lipinski definition) is 1. The molecule has 3 rings (SSSR count). The number of anilines is 1. The average molecular weight is 393 g/mol. The predicted molar refractivity (Wildman–Crippen MR) is 88.7 cm³/mol. The van der Waals surface area contributed by atoms with Crippen LogP contribution >= 0.6 is 0 Å². The van der Waals surface area contributed by atoms with Gasteiger partial charge in [-0.3, -0.25) is 0 Å². The van der Waals surface area contributed by atoms with Crippen molar-refractivity contribution in [3.05, 3.63) is 70.3 Å². The molecule has 142 valence electrons. The zero-order valence-electron chi connectivity index (χ0n) is 14.0. The molecule has 0 atom stereocenters. The highest BCUT2D eigenvalue weighted by molar-refractivity contribution is 5.84. The predicted octanol–water partition coefficient (Wildman–Crippen LogP) is 5.01. The molecule has 0 bridgehead atoms. The van der Waals surface area contributed by atoms with Gasteiger partial charge in [0.15, 0.2) is 23.3 Å². The zero-order chi connectivity index (χ0) is 20.7. The van der Waals surface area contributed by atoms with Crippen LogP contribution in [0.3, 0.4) is 0 Å². The number of nitrogens with two attached hydrogens (primary N) is 1. The first-order valence-corrected chi connectivity index (χ1v) is 7.66. The molecular formula is C19H9F6N3. The van der Waals surface area contributed by atoms with Gasteiger partial charge in [0.25, 0.3) is 0 Å². The van der Waals surface area contributed by atoms with Crippen LogP contribution in [-0.4, -0.2) is 4.98 Å². The molecule has 0 amide bonds. The molecule has 1 aromatic heterocycles. The topological polar surface area (TPSA) is 62.7 Å². The molecule has 28 heavy (non-hydrogen) atoms. The standard InChI is InChI=1S/C19H9F6N3/c1-7-11(12-13(21)15(23)17(25)16(24)14(12)22)10(6-26)19(27)28-18(7)8-2-4-9(20)5-3-8/h2-5H,1H3,(H2,27,28). The van der Waals surface area contributed by atoms with Crippen molar-refractivity contribution in [3.8, 4) is 28.5 Å². The van der Waals surface area contributed by atoms with E-state index in [2.05, 4.69) is 4.98 Å². The van der Waals surface area contributed by atoms with E-state index < -0.39 is 57.4 Å². The molecule has 0 aliphatic carbocycles. The van der Waals surface area contributed by atoms with Crippen molar-refractivity contribution in [3.63, 3.8) is 0 Å². The van der Waals surface area contributed by atoms with Gasteiger partial charge in [0.05, 0.1) is 11.3 Å². The SMILES string of the molecule is Cc1c(-c2ccc(F)cc2)nc(N)c(C#N)c1-c1c(F)c(F)c(F)c(F)c1F. The number of pyridine rings is 1. The first kappa shape index (κ1) is 19.2. The molecule has 0 radical (unpaired) electrons. The zero-order valence-corrected chi connectivity index (χ0v) is 14.0. The van der Waals surface area contributed by atoms with Gasteiger partial charge in [-0.2, -0.15) is 5.26 Å². The number of nitrogen functional groups attached to an aromatic ring is 1. The summed E-state index contributed by atoms with van der Waals surface area (Å²) >= 11 is 0. The normalized spacial score (nSPS) is 10.8. The first-order valence-electron chi connectivity index (χ1n) is 7.66. The molecule has 9 heteroatoms. The number of nitrogens with zero attached hydrogens (tertiary/aromatic N) is 2. The van der Waals surface area contributed by atoms with Crippen LogP contribution in [0.1, 0.15) is 11.1 Å². The summed E-state index contributed by atoms with van der Waals surface area (Å²) in [5.74, 6) is -11.9. The minimum absolute atomic E-state index is 0.00422. The summed E-state index contributed by atoms with van der Waals surface area (Å²) in [6, 6.07) is 6.33. The smallest absolute Gasteiger partial charge is 0.200 e. The first-order chi connectivity index (χ1) is 13.2. The summed E-state index contributed by atoms with van der Waals surface area (Å²) in [6.07, 6.45) is 0. The van der Waals surface area contributed by atoms with Crippen LogP contribution in [0.4, 0.5) is 32.2 Å². The third-order valence-corrected chi connectivity index (χ3v) is 4.16. The van der Waals surface area contributed by atoms with E-state index in [0.29, 0.717) is 0 Å². The number of halogens is 6. The minimum Gasteiger partial charge on any atom is -0.383 e. The average Bonchev–Trinajstić information content (AvgIpc) is 2.68. The van der Waals surface area contributed by atoms with Gasteiger partial charge < -0.3 is 5.73 Å². The largest absolute Gasteiger partial charge is 0.383 e. The maximum absolute atomic E-state index is 14.4. The number of aromatic nitrogens is 1. The van der Waals surface area contributed by atoms with Gasteiger partial charge in [-0.25, -0.2) is 31.3 Å². The molecule has 1 heterocycles. The molecule has 0 aliphatic heterocycles. The molecule has 0 fully saturated rings. The molecule has 0 aliphatic rings. The molecule has 0 unspecified atom stereocenters. The van der Waals surface area contributed by atoms with Crippen molar-refractivity contribution in [2.75, 3.05) is 5.73 Å². The Kier molecular flexibility index (Phi) is 4.73. The summed E-state index contributed by atoms with van der Waals surface area (Å²) in [4.78, 5) is 3.98. The molecule has 3 aromatic rings. The quantitative estimate of drug-likeness (QED) is 0.378. The van der Waals surface area contributed by atoms with Crippen LogP contribution in [0.2, 0.25) is 0 Å². The van der Waals surface area contributed by atoms with Crippen molar-refractivity contribution in [1.82, 2.24) is 4.98 Å². The van der Waals surface area contributed by atoms with Crippen LogP contribution in [-0.2, 0) is 0 Å². The maximum atomic E-state index is 14.4. The van der Waals surface area contributed by atoms with E-state index in [9.17, 15) is 31.6 Å². The highest BCUT2D eigenvalue weighted by atomic mass is 19.2. The maximum Gasteiger partial charge on any atom is 0.200 e. The Morgan fingerprint density at radius 1 is 0.821 bits per heavy atom. The molecule has 2 N–H and O–H groups in total. The number of benzene rings is 2. The summed E-state index contributed by atoms with van der Waals surface area (Å²) in [5.41, 5.74) is 3.47. The van der Waals surface area contributed by atoms with Crippen molar-refractivity contribution in [2.45, 2.75) is 6.92 Å². The van der Waals surface area contributed by atoms with Crippen molar-refractivity contribution < 1.29 is 26.3 Å². The van der Waals surface area contributed by atoms with Gasteiger partial charge in [-0.05, 0) is 36.8 Å². The lowest BCUT2D eigenvalue weighted by Crippen LogP contribution is -2.09. The second kappa shape index (κ2) is 6.88. The Morgan fingerprint density at radius 3 is 1.82 bits per heavy atom. The van der Waals surface area contributed by atoms with Gasteiger partial charge in [-0.1, -0.05) is 0 Å². The molecular weight excluding hydrogens is 384 g/mol. The second-order valence-electron chi connectivity index (χ2n) is 5.78. The Morgan fingerprint density at radius 2 is 1.32 bits per heavy atom. The Balaban J connectivity index is 2.46. The molecule has 0 saturated heterocycles. The number of rotatable bonds is 2. The lowest BCUT2D eigenvalue weighted by molar-refractivity contribution is 0.381. The minimum atomic E-state index is -2.32. The van der Waals surface area contributed by atoms with Gasteiger partial charge in [0, 0.05) is 11.1 Å². The highest BCUT2D eigenvalue weighted by Crippen LogP contribution is 2.40. The fraction of sp³-hybridized carbons (Fsp3) is 0.0526.